The Morgan fingerprint density at radius 3 is 2.73 bits per heavy atom. The maximum atomic E-state index is 12.4. The minimum absolute atomic E-state index is 0.000206. The Bertz CT molecular complexity index is 497. The molecular formula is C17H25N3O2. The molecule has 120 valence electrons. The zero-order valence-electron chi connectivity index (χ0n) is 13.3. The molecule has 5 nitrogen and oxygen atoms in total. The van der Waals surface area contributed by atoms with E-state index in [1.54, 1.807) is 6.20 Å². The standard InChI is InChI=1S/C17H25N3O2/c1-13-4-2-3-5-15(13)19-17(21)14-6-7-16(18-12-14)20-8-10-22-11-9-20/h6-7,12-13,15H,2-5,8-11H2,1H3,(H,19,21)/t13-,15+/m1/s1. The van der Waals surface area contributed by atoms with Crippen LogP contribution in [0.1, 0.15) is 43.0 Å². The van der Waals surface area contributed by atoms with E-state index in [-0.39, 0.29) is 5.91 Å². The van der Waals surface area contributed by atoms with E-state index in [1.165, 1.54) is 19.3 Å². The Labute approximate surface area is 132 Å². The van der Waals surface area contributed by atoms with E-state index in [4.69, 9.17) is 4.74 Å². The van der Waals surface area contributed by atoms with Crippen molar-refractivity contribution in [3.05, 3.63) is 23.9 Å². The highest BCUT2D eigenvalue weighted by Crippen LogP contribution is 2.24. The third kappa shape index (κ3) is 3.58. The zero-order chi connectivity index (χ0) is 15.4. The lowest BCUT2D eigenvalue weighted by atomic mass is 9.86. The first kappa shape index (κ1) is 15.3. The first-order chi connectivity index (χ1) is 10.7. The molecule has 1 saturated carbocycles. The largest absolute Gasteiger partial charge is 0.378 e. The van der Waals surface area contributed by atoms with Gasteiger partial charge in [-0.3, -0.25) is 4.79 Å². The fraction of sp³-hybridized carbons (Fsp3) is 0.647. The predicted octanol–water partition coefficient (Wildman–Crippen LogP) is 2.23. The molecule has 2 fully saturated rings. The number of hydrogen-bond acceptors (Lipinski definition) is 4. The van der Waals surface area contributed by atoms with E-state index in [0.29, 0.717) is 17.5 Å². The molecule has 1 N–H and O–H groups in total. The minimum atomic E-state index is -0.000206. The van der Waals surface area contributed by atoms with Crippen molar-refractivity contribution in [2.24, 2.45) is 5.92 Å². The van der Waals surface area contributed by atoms with E-state index in [9.17, 15) is 4.79 Å². The van der Waals surface area contributed by atoms with Gasteiger partial charge in [0.15, 0.2) is 0 Å². The Morgan fingerprint density at radius 1 is 1.27 bits per heavy atom. The molecule has 0 spiro atoms. The smallest absolute Gasteiger partial charge is 0.253 e. The molecular weight excluding hydrogens is 278 g/mol. The van der Waals surface area contributed by atoms with Gasteiger partial charge in [0.2, 0.25) is 0 Å². The van der Waals surface area contributed by atoms with Gasteiger partial charge >= 0.3 is 0 Å². The highest BCUT2D eigenvalue weighted by molar-refractivity contribution is 5.94. The van der Waals surface area contributed by atoms with Crippen molar-refractivity contribution in [3.8, 4) is 0 Å². The van der Waals surface area contributed by atoms with Gasteiger partial charge in [0.1, 0.15) is 5.82 Å². The van der Waals surface area contributed by atoms with Crippen LogP contribution in [0.4, 0.5) is 5.82 Å². The van der Waals surface area contributed by atoms with Gasteiger partial charge in [0, 0.05) is 25.3 Å². The van der Waals surface area contributed by atoms with Crippen molar-refractivity contribution in [1.82, 2.24) is 10.3 Å². The van der Waals surface area contributed by atoms with Crippen LogP contribution < -0.4 is 10.2 Å². The van der Waals surface area contributed by atoms with E-state index in [2.05, 4.69) is 22.1 Å². The average Bonchev–Trinajstić information content (AvgIpc) is 2.58. The second kappa shape index (κ2) is 7.09. The molecule has 5 heteroatoms. The Balaban J connectivity index is 1.60. The summed E-state index contributed by atoms with van der Waals surface area (Å²) in [6.45, 7) is 5.42. The lowest BCUT2D eigenvalue weighted by Crippen LogP contribution is -2.41. The number of rotatable bonds is 3. The highest BCUT2D eigenvalue weighted by Gasteiger charge is 2.23. The lowest BCUT2D eigenvalue weighted by Gasteiger charge is -2.29. The van der Waals surface area contributed by atoms with Crippen LogP contribution in [0, 0.1) is 5.92 Å². The van der Waals surface area contributed by atoms with Crippen molar-refractivity contribution in [2.45, 2.75) is 38.6 Å². The molecule has 0 bridgehead atoms. The normalized spacial score (nSPS) is 25.8. The van der Waals surface area contributed by atoms with Crippen molar-refractivity contribution in [3.63, 3.8) is 0 Å². The van der Waals surface area contributed by atoms with Crippen molar-refractivity contribution in [2.75, 3.05) is 31.2 Å². The van der Waals surface area contributed by atoms with Gasteiger partial charge in [-0.15, -0.1) is 0 Å². The Hall–Kier alpha value is -1.62. The fourth-order valence-electron chi connectivity index (χ4n) is 3.28. The van der Waals surface area contributed by atoms with Gasteiger partial charge in [0.05, 0.1) is 18.8 Å². The average molecular weight is 303 g/mol. The van der Waals surface area contributed by atoms with Gasteiger partial charge in [-0.1, -0.05) is 19.8 Å². The van der Waals surface area contributed by atoms with Crippen LogP contribution in [-0.2, 0) is 4.74 Å². The van der Waals surface area contributed by atoms with E-state index >= 15 is 0 Å². The number of nitrogens with one attached hydrogen (secondary N) is 1. The van der Waals surface area contributed by atoms with Gasteiger partial charge in [-0.25, -0.2) is 4.98 Å². The molecule has 0 radical (unpaired) electrons. The number of carbonyl (C=O) groups is 1. The summed E-state index contributed by atoms with van der Waals surface area (Å²) in [6, 6.07) is 4.12. The van der Waals surface area contributed by atoms with Crippen molar-refractivity contribution in [1.29, 1.82) is 0 Å². The second-order valence-corrected chi connectivity index (χ2v) is 6.35. The SMILES string of the molecule is C[C@@H]1CCCC[C@@H]1NC(=O)c1ccc(N2CCOCC2)nc1. The van der Waals surface area contributed by atoms with Gasteiger partial charge < -0.3 is 15.0 Å². The van der Waals surface area contributed by atoms with Gasteiger partial charge in [-0.2, -0.15) is 0 Å². The van der Waals surface area contributed by atoms with Crippen LogP contribution in [0.5, 0.6) is 0 Å². The number of anilines is 1. The molecule has 2 aliphatic rings. The molecule has 1 saturated heterocycles. The van der Waals surface area contributed by atoms with Crippen LogP contribution >= 0.6 is 0 Å². The molecule has 2 heterocycles. The maximum Gasteiger partial charge on any atom is 0.253 e. The topological polar surface area (TPSA) is 54.5 Å². The number of carbonyl (C=O) groups excluding carboxylic acids is 1. The first-order valence-corrected chi connectivity index (χ1v) is 8.33. The molecule has 0 unspecified atom stereocenters. The van der Waals surface area contributed by atoms with E-state index < -0.39 is 0 Å². The zero-order valence-corrected chi connectivity index (χ0v) is 13.3. The van der Waals surface area contributed by atoms with Crippen LogP contribution in [0.2, 0.25) is 0 Å². The third-order valence-electron chi connectivity index (χ3n) is 4.77. The van der Waals surface area contributed by atoms with Crippen molar-refractivity contribution < 1.29 is 9.53 Å². The third-order valence-corrected chi connectivity index (χ3v) is 4.77. The summed E-state index contributed by atoms with van der Waals surface area (Å²) in [5.41, 5.74) is 0.648. The predicted molar refractivity (Wildman–Crippen MR) is 86.2 cm³/mol. The maximum absolute atomic E-state index is 12.4. The number of hydrogen-bond donors (Lipinski definition) is 1. The number of ether oxygens (including phenoxy) is 1. The molecule has 1 amide bonds. The van der Waals surface area contributed by atoms with E-state index in [1.807, 2.05) is 12.1 Å². The molecule has 2 atom stereocenters. The molecule has 0 aromatic carbocycles. The van der Waals surface area contributed by atoms with Crippen LogP contribution in [0.25, 0.3) is 0 Å². The quantitative estimate of drug-likeness (QED) is 0.930. The summed E-state index contributed by atoms with van der Waals surface area (Å²) in [5.74, 6) is 1.49. The summed E-state index contributed by atoms with van der Waals surface area (Å²) in [4.78, 5) is 19.0. The number of nitrogens with zero attached hydrogens (tertiary/aromatic N) is 2. The van der Waals surface area contributed by atoms with Gasteiger partial charge in [-0.05, 0) is 30.9 Å². The van der Waals surface area contributed by atoms with Crippen LogP contribution in [0.3, 0.4) is 0 Å². The molecule has 1 aliphatic heterocycles. The summed E-state index contributed by atoms with van der Waals surface area (Å²) in [6.07, 6.45) is 6.48. The molecule has 1 aliphatic carbocycles. The van der Waals surface area contributed by atoms with Crippen LogP contribution in [0.15, 0.2) is 18.3 Å². The summed E-state index contributed by atoms with van der Waals surface area (Å²) < 4.78 is 5.34. The van der Waals surface area contributed by atoms with Crippen molar-refractivity contribution >= 4 is 11.7 Å². The summed E-state index contributed by atoms with van der Waals surface area (Å²) in [7, 11) is 0. The Kier molecular flexibility index (Phi) is 4.93. The molecule has 22 heavy (non-hydrogen) atoms. The fourth-order valence-corrected chi connectivity index (χ4v) is 3.28. The summed E-state index contributed by atoms with van der Waals surface area (Å²) >= 11 is 0. The minimum Gasteiger partial charge on any atom is -0.378 e. The van der Waals surface area contributed by atoms with Gasteiger partial charge in [0.25, 0.3) is 5.91 Å². The molecule has 3 rings (SSSR count). The molecule has 1 aromatic rings. The highest BCUT2D eigenvalue weighted by atomic mass is 16.5. The lowest BCUT2D eigenvalue weighted by molar-refractivity contribution is 0.0910. The monoisotopic (exact) mass is 303 g/mol. The van der Waals surface area contributed by atoms with E-state index in [0.717, 1.165) is 38.5 Å². The first-order valence-electron chi connectivity index (χ1n) is 8.33. The van der Waals surface area contributed by atoms with Crippen LogP contribution in [-0.4, -0.2) is 43.2 Å². The number of pyridine rings is 1. The molecule has 1 aromatic heterocycles. The Morgan fingerprint density at radius 2 is 2.05 bits per heavy atom. The summed E-state index contributed by atoms with van der Waals surface area (Å²) in [5, 5.41) is 3.17. The second-order valence-electron chi connectivity index (χ2n) is 6.35. The number of amides is 1. The number of aromatic nitrogens is 1. The number of morpholine rings is 1.